The average molecular weight is 601 g/mol. The number of hydrogen-bond donors (Lipinski definition) is 0. The quantitative estimate of drug-likeness (QED) is 0.197. The maximum atomic E-state index is 5.26. The molecule has 0 atom stereocenters. The molecule has 3 aromatic heterocycles. The summed E-state index contributed by atoms with van der Waals surface area (Å²) in [6.45, 7) is 0. The van der Waals surface area contributed by atoms with Crippen molar-refractivity contribution in [1.82, 2.24) is 19.5 Å². The lowest BCUT2D eigenvalue weighted by Crippen LogP contribution is -1.99. The van der Waals surface area contributed by atoms with E-state index in [0.717, 1.165) is 67.0 Å². The van der Waals surface area contributed by atoms with Crippen LogP contribution in [0.5, 0.6) is 0 Å². The van der Waals surface area contributed by atoms with Crippen LogP contribution in [0, 0.1) is 0 Å². The molecular formula is C43H28N4. The second kappa shape index (κ2) is 11.2. The normalized spacial score (nSPS) is 11.4. The Morgan fingerprint density at radius 2 is 0.936 bits per heavy atom. The fourth-order valence-corrected chi connectivity index (χ4v) is 6.61. The number of fused-ring (bicyclic) bond motifs is 5. The van der Waals surface area contributed by atoms with Crippen molar-refractivity contribution in [2.45, 2.75) is 0 Å². The van der Waals surface area contributed by atoms with Crippen LogP contribution in [-0.2, 0) is 0 Å². The van der Waals surface area contributed by atoms with E-state index in [2.05, 4.69) is 132 Å². The Morgan fingerprint density at radius 1 is 0.404 bits per heavy atom. The summed E-state index contributed by atoms with van der Waals surface area (Å²) in [5, 5.41) is 3.56. The SMILES string of the molecule is c1ccc(-c2cc(-c3ccccc3)nc(-c3ccc(-n4c5ccccc5c5c6ccccc6nc(-c6ccccc6)c54)cc3)n2)cc1. The third-order valence-electron chi connectivity index (χ3n) is 8.80. The molecule has 0 saturated heterocycles. The lowest BCUT2D eigenvalue weighted by atomic mass is 10.0. The number of pyridine rings is 1. The second-order valence-corrected chi connectivity index (χ2v) is 11.7. The molecule has 0 saturated carbocycles. The van der Waals surface area contributed by atoms with E-state index in [1.165, 1.54) is 10.8 Å². The van der Waals surface area contributed by atoms with E-state index in [0.29, 0.717) is 5.82 Å². The summed E-state index contributed by atoms with van der Waals surface area (Å²) in [4.78, 5) is 15.4. The molecule has 0 N–H and O–H groups in total. The van der Waals surface area contributed by atoms with Crippen molar-refractivity contribution in [1.29, 1.82) is 0 Å². The lowest BCUT2D eigenvalue weighted by molar-refractivity contribution is 1.16. The van der Waals surface area contributed by atoms with Gasteiger partial charge in [0.1, 0.15) is 0 Å². The Hall–Kier alpha value is -6.39. The van der Waals surface area contributed by atoms with Gasteiger partial charge in [0.25, 0.3) is 0 Å². The Kier molecular flexibility index (Phi) is 6.43. The van der Waals surface area contributed by atoms with Crippen LogP contribution in [-0.4, -0.2) is 19.5 Å². The van der Waals surface area contributed by atoms with Gasteiger partial charge in [-0.15, -0.1) is 0 Å². The molecule has 0 aliphatic heterocycles. The number of benzene rings is 6. The van der Waals surface area contributed by atoms with Crippen molar-refractivity contribution < 1.29 is 0 Å². The highest BCUT2D eigenvalue weighted by atomic mass is 15.0. The zero-order valence-corrected chi connectivity index (χ0v) is 25.5. The summed E-state index contributed by atoms with van der Waals surface area (Å²) >= 11 is 0. The molecule has 0 radical (unpaired) electrons. The first-order valence-corrected chi connectivity index (χ1v) is 15.8. The van der Waals surface area contributed by atoms with Gasteiger partial charge in [-0.05, 0) is 42.5 Å². The molecule has 9 aromatic rings. The minimum atomic E-state index is 0.691. The molecule has 0 unspecified atom stereocenters. The number of para-hydroxylation sites is 2. The van der Waals surface area contributed by atoms with E-state index in [1.54, 1.807) is 0 Å². The van der Waals surface area contributed by atoms with Gasteiger partial charge in [-0.25, -0.2) is 15.0 Å². The Morgan fingerprint density at radius 3 is 1.57 bits per heavy atom. The molecule has 0 spiro atoms. The Labute approximate surface area is 272 Å². The van der Waals surface area contributed by atoms with E-state index in [9.17, 15) is 0 Å². The first-order valence-electron chi connectivity index (χ1n) is 15.8. The lowest BCUT2D eigenvalue weighted by Gasteiger charge is -2.13. The molecule has 6 aromatic carbocycles. The van der Waals surface area contributed by atoms with Gasteiger partial charge in [-0.1, -0.05) is 127 Å². The number of aromatic nitrogens is 4. The molecule has 4 heteroatoms. The topological polar surface area (TPSA) is 43.6 Å². The van der Waals surface area contributed by atoms with Gasteiger partial charge < -0.3 is 4.57 Å². The van der Waals surface area contributed by atoms with E-state index in [4.69, 9.17) is 15.0 Å². The fraction of sp³-hybridized carbons (Fsp3) is 0. The van der Waals surface area contributed by atoms with Crippen LogP contribution < -0.4 is 0 Å². The second-order valence-electron chi connectivity index (χ2n) is 11.7. The van der Waals surface area contributed by atoms with E-state index < -0.39 is 0 Å². The highest BCUT2D eigenvalue weighted by molar-refractivity contribution is 6.23. The van der Waals surface area contributed by atoms with E-state index in [1.807, 2.05) is 42.5 Å². The molecule has 0 amide bonds. The van der Waals surface area contributed by atoms with Crippen molar-refractivity contribution in [3.8, 4) is 50.8 Å². The molecule has 0 aliphatic rings. The van der Waals surface area contributed by atoms with Crippen molar-refractivity contribution in [2.75, 3.05) is 0 Å². The fourth-order valence-electron chi connectivity index (χ4n) is 6.61. The summed E-state index contributed by atoms with van der Waals surface area (Å²) < 4.78 is 2.35. The third kappa shape index (κ3) is 4.66. The van der Waals surface area contributed by atoms with Gasteiger partial charge in [0.2, 0.25) is 0 Å². The zero-order chi connectivity index (χ0) is 31.2. The molecule has 3 heterocycles. The summed E-state index contributed by atoms with van der Waals surface area (Å²) in [6, 6.07) is 58.9. The minimum Gasteiger partial charge on any atom is -0.307 e. The Balaban J connectivity index is 1.26. The molecule has 0 fully saturated rings. The molecule has 0 aliphatic carbocycles. The number of nitrogens with zero attached hydrogens (tertiary/aromatic N) is 4. The zero-order valence-electron chi connectivity index (χ0n) is 25.5. The van der Waals surface area contributed by atoms with Crippen LogP contribution in [0.1, 0.15) is 0 Å². The van der Waals surface area contributed by atoms with Gasteiger partial charge in [0, 0.05) is 44.1 Å². The summed E-state index contributed by atoms with van der Waals surface area (Å²) in [5.74, 6) is 0.691. The molecule has 0 bridgehead atoms. The maximum Gasteiger partial charge on any atom is 0.160 e. The predicted molar refractivity (Wildman–Crippen MR) is 193 cm³/mol. The first kappa shape index (κ1) is 27.0. The van der Waals surface area contributed by atoms with Crippen molar-refractivity contribution in [3.05, 3.63) is 170 Å². The van der Waals surface area contributed by atoms with Crippen molar-refractivity contribution in [2.24, 2.45) is 0 Å². The molecule has 4 nitrogen and oxygen atoms in total. The molecule has 47 heavy (non-hydrogen) atoms. The average Bonchev–Trinajstić information content (AvgIpc) is 3.51. The highest BCUT2D eigenvalue weighted by Gasteiger charge is 2.20. The summed E-state index contributed by atoms with van der Waals surface area (Å²) in [6.07, 6.45) is 0. The van der Waals surface area contributed by atoms with Crippen LogP contribution in [0.3, 0.4) is 0 Å². The highest BCUT2D eigenvalue weighted by Crippen LogP contribution is 2.41. The summed E-state index contributed by atoms with van der Waals surface area (Å²) in [5.41, 5.74) is 11.2. The summed E-state index contributed by atoms with van der Waals surface area (Å²) in [7, 11) is 0. The van der Waals surface area contributed by atoms with E-state index >= 15 is 0 Å². The first-order chi connectivity index (χ1) is 23.3. The van der Waals surface area contributed by atoms with Gasteiger partial charge in [0.15, 0.2) is 5.82 Å². The molecule has 9 rings (SSSR count). The van der Waals surface area contributed by atoms with Gasteiger partial charge in [-0.2, -0.15) is 0 Å². The van der Waals surface area contributed by atoms with Gasteiger partial charge in [-0.3, -0.25) is 0 Å². The van der Waals surface area contributed by atoms with Crippen molar-refractivity contribution >= 4 is 32.7 Å². The number of rotatable bonds is 5. The van der Waals surface area contributed by atoms with Crippen molar-refractivity contribution in [3.63, 3.8) is 0 Å². The van der Waals surface area contributed by atoms with Crippen LogP contribution in [0.4, 0.5) is 0 Å². The smallest absolute Gasteiger partial charge is 0.160 e. The van der Waals surface area contributed by atoms with Gasteiger partial charge in [0.05, 0.1) is 33.6 Å². The standard InChI is InChI=1S/C43H28N4/c1-4-14-29(15-5-1)37-28-38(30-16-6-2-7-17-30)46-43(45-37)32-24-26-33(27-25-32)47-39-23-13-11-21-35(39)40-34-20-10-12-22-36(34)44-41(42(40)47)31-18-8-3-9-19-31/h1-28H. The monoisotopic (exact) mass is 600 g/mol. The van der Waals surface area contributed by atoms with Crippen LogP contribution in [0.15, 0.2) is 170 Å². The van der Waals surface area contributed by atoms with Crippen LogP contribution in [0.2, 0.25) is 0 Å². The Bertz CT molecular complexity index is 2480. The largest absolute Gasteiger partial charge is 0.307 e. The van der Waals surface area contributed by atoms with Crippen LogP contribution in [0.25, 0.3) is 83.6 Å². The van der Waals surface area contributed by atoms with Gasteiger partial charge >= 0.3 is 0 Å². The minimum absolute atomic E-state index is 0.691. The third-order valence-corrected chi connectivity index (χ3v) is 8.80. The molecule has 220 valence electrons. The maximum absolute atomic E-state index is 5.26. The number of hydrogen-bond acceptors (Lipinski definition) is 3. The van der Waals surface area contributed by atoms with E-state index in [-0.39, 0.29) is 0 Å². The van der Waals surface area contributed by atoms with Crippen LogP contribution >= 0.6 is 0 Å². The predicted octanol–water partition coefficient (Wildman–Crippen LogP) is 10.8. The molecular weight excluding hydrogens is 573 g/mol.